The first-order chi connectivity index (χ1) is 6.47. The van der Waals surface area contributed by atoms with Crippen molar-refractivity contribution in [3.8, 4) is 0 Å². The maximum absolute atomic E-state index is 9.16. The fraction of sp³-hybridized carbons (Fsp3) is 0.556. The summed E-state index contributed by atoms with van der Waals surface area (Å²) in [6.45, 7) is 3.86. The first-order valence-corrected chi connectivity index (χ1v) is 4.39. The van der Waals surface area contributed by atoms with Gasteiger partial charge >= 0.3 is 0 Å². The lowest BCUT2D eigenvalue weighted by atomic mass is 10.1. The van der Waals surface area contributed by atoms with Crippen molar-refractivity contribution in [1.82, 2.24) is 9.97 Å². The van der Waals surface area contributed by atoms with Crippen LogP contribution in [0.15, 0.2) is 12.4 Å². The molecular formula is C9H16N4O. The molecule has 0 aliphatic heterocycles. The molecule has 0 saturated heterocycles. The van der Waals surface area contributed by atoms with E-state index in [1.165, 1.54) is 0 Å². The molecule has 5 heteroatoms. The summed E-state index contributed by atoms with van der Waals surface area (Å²) in [6.07, 6.45) is 3.10. The number of likely N-dealkylation sites (N-methyl/N-ethyl adjacent to an activating group) is 1. The smallest absolute Gasteiger partial charge is 0.225 e. The highest BCUT2D eigenvalue weighted by atomic mass is 16.3. The summed E-state index contributed by atoms with van der Waals surface area (Å²) >= 11 is 0. The molecule has 0 spiro atoms. The summed E-state index contributed by atoms with van der Waals surface area (Å²) in [4.78, 5) is 9.95. The predicted octanol–water partition coefficient (Wildman–Crippen LogP) is 0.266. The van der Waals surface area contributed by atoms with Gasteiger partial charge in [0.1, 0.15) is 0 Å². The van der Waals surface area contributed by atoms with Gasteiger partial charge in [-0.15, -0.1) is 0 Å². The average molecular weight is 196 g/mol. The van der Waals surface area contributed by atoms with Crippen LogP contribution in [0.25, 0.3) is 0 Å². The highest BCUT2D eigenvalue weighted by Crippen LogP contribution is 2.17. The Balaban J connectivity index is 2.89. The van der Waals surface area contributed by atoms with Crippen molar-refractivity contribution in [3.05, 3.63) is 12.4 Å². The maximum Gasteiger partial charge on any atom is 0.225 e. The number of hydrogen-bond donors (Lipinski definition) is 2. The van der Waals surface area contributed by atoms with Crippen LogP contribution in [0.2, 0.25) is 0 Å². The van der Waals surface area contributed by atoms with Gasteiger partial charge < -0.3 is 15.7 Å². The quantitative estimate of drug-likeness (QED) is 0.725. The van der Waals surface area contributed by atoms with Crippen molar-refractivity contribution in [2.24, 2.45) is 0 Å². The molecule has 0 atom stereocenters. The Morgan fingerprint density at radius 2 is 1.93 bits per heavy atom. The second-order valence-electron chi connectivity index (χ2n) is 3.85. The number of aliphatic hydroxyl groups excluding tert-OH is 1. The number of anilines is 2. The number of aliphatic hydroxyl groups is 1. The monoisotopic (exact) mass is 196 g/mol. The van der Waals surface area contributed by atoms with Crippen molar-refractivity contribution in [3.63, 3.8) is 0 Å². The molecular weight excluding hydrogens is 180 g/mol. The number of nitrogens with zero attached hydrogens (tertiary/aromatic N) is 3. The highest BCUT2D eigenvalue weighted by molar-refractivity contribution is 5.39. The molecule has 0 aliphatic carbocycles. The zero-order chi connectivity index (χ0) is 10.8. The summed E-state index contributed by atoms with van der Waals surface area (Å²) in [5.74, 6) is 0.554. The molecule has 5 nitrogen and oxygen atoms in total. The topological polar surface area (TPSA) is 75.3 Å². The van der Waals surface area contributed by atoms with Gasteiger partial charge in [0.05, 0.1) is 30.2 Å². The van der Waals surface area contributed by atoms with Gasteiger partial charge in [-0.05, 0) is 13.8 Å². The zero-order valence-corrected chi connectivity index (χ0v) is 8.73. The lowest BCUT2D eigenvalue weighted by Crippen LogP contribution is -2.45. The van der Waals surface area contributed by atoms with Crippen molar-refractivity contribution in [1.29, 1.82) is 0 Å². The van der Waals surface area contributed by atoms with Crippen LogP contribution in [-0.4, -0.2) is 34.3 Å². The van der Waals surface area contributed by atoms with Gasteiger partial charge in [-0.1, -0.05) is 0 Å². The molecule has 0 aromatic carbocycles. The van der Waals surface area contributed by atoms with E-state index in [2.05, 4.69) is 9.97 Å². The van der Waals surface area contributed by atoms with Crippen LogP contribution in [0, 0.1) is 0 Å². The van der Waals surface area contributed by atoms with Crippen molar-refractivity contribution in [2.45, 2.75) is 19.4 Å². The molecule has 78 valence electrons. The Kier molecular flexibility index (Phi) is 2.90. The van der Waals surface area contributed by atoms with E-state index < -0.39 is 0 Å². The van der Waals surface area contributed by atoms with Crippen LogP contribution in [0.3, 0.4) is 0 Å². The SMILES string of the molecule is CN(c1ncc(N)cn1)C(C)(C)CO. The number of nitrogens with two attached hydrogens (primary N) is 1. The normalized spacial score (nSPS) is 11.4. The Bertz CT molecular complexity index is 296. The summed E-state index contributed by atoms with van der Waals surface area (Å²) in [7, 11) is 1.84. The third-order valence-corrected chi connectivity index (χ3v) is 2.25. The van der Waals surface area contributed by atoms with E-state index in [0.29, 0.717) is 11.6 Å². The van der Waals surface area contributed by atoms with Crippen LogP contribution in [0.5, 0.6) is 0 Å². The van der Waals surface area contributed by atoms with E-state index in [-0.39, 0.29) is 12.1 Å². The molecule has 0 radical (unpaired) electrons. The van der Waals surface area contributed by atoms with Crippen LogP contribution >= 0.6 is 0 Å². The number of aromatic nitrogens is 2. The van der Waals surface area contributed by atoms with E-state index in [4.69, 9.17) is 10.8 Å². The molecule has 1 aromatic rings. The third-order valence-electron chi connectivity index (χ3n) is 2.25. The molecule has 1 aromatic heterocycles. The van der Waals surface area contributed by atoms with E-state index >= 15 is 0 Å². The van der Waals surface area contributed by atoms with Crippen LogP contribution in [0.4, 0.5) is 11.6 Å². The standard InChI is InChI=1S/C9H16N4O/c1-9(2,6-14)13(3)8-11-4-7(10)5-12-8/h4-5,14H,6,10H2,1-3H3. The third kappa shape index (κ3) is 2.11. The largest absolute Gasteiger partial charge is 0.396 e. The van der Waals surface area contributed by atoms with Gasteiger partial charge in [0, 0.05) is 7.05 Å². The number of rotatable bonds is 3. The summed E-state index contributed by atoms with van der Waals surface area (Å²) in [5, 5.41) is 9.16. The number of hydrogen-bond acceptors (Lipinski definition) is 5. The molecule has 1 heterocycles. The van der Waals surface area contributed by atoms with Gasteiger partial charge in [0.15, 0.2) is 0 Å². The molecule has 0 saturated carbocycles. The minimum atomic E-state index is -0.379. The Hall–Kier alpha value is -1.36. The van der Waals surface area contributed by atoms with Gasteiger partial charge in [0.25, 0.3) is 0 Å². The zero-order valence-electron chi connectivity index (χ0n) is 8.73. The Morgan fingerprint density at radius 3 is 2.36 bits per heavy atom. The Morgan fingerprint density at radius 1 is 1.43 bits per heavy atom. The second kappa shape index (κ2) is 3.79. The highest BCUT2D eigenvalue weighted by Gasteiger charge is 2.24. The lowest BCUT2D eigenvalue weighted by molar-refractivity contribution is 0.215. The summed E-state index contributed by atoms with van der Waals surface area (Å²) in [5.41, 5.74) is 5.63. The number of nitrogen functional groups attached to an aromatic ring is 1. The van der Waals surface area contributed by atoms with Gasteiger partial charge in [0.2, 0.25) is 5.95 Å². The first kappa shape index (κ1) is 10.7. The van der Waals surface area contributed by atoms with E-state index in [1.807, 2.05) is 25.8 Å². The van der Waals surface area contributed by atoms with Crippen molar-refractivity contribution < 1.29 is 5.11 Å². The fourth-order valence-electron chi connectivity index (χ4n) is 0.881. The van der Waals surface area contributed by atoms with Crippen molar-refractivity contribution >= 4 is 11.6 Å². The molecule has 0 aliphatic rings. The van der Waals surface area contributed by atoms with Gasteiger partial charge in [-0.25, -0.2) is 9.97 Å². The molecule has 0 amide bonds. The van der Waals surface area contributed by atoms with E-state index in [9.17, 15) is 0 Å². The summed E-state index contributed by atoms with van der Waals surface area (Å²) in [6, 6.07) is 0. The minimum Gasteiger partial charge on any atom is -0.396 e. The second-order valence-corrected chi connectivity index (χ2v) is 3.85. The van der Waals surface area contributed by atoms with Crippen LogP contribution < -0.4 is 10.6 Å². The molecule has 3 N–H and O–H groups in total. The Labute approximate surface area is 83.6 Å². The molecule has 0 bridgehead atoms. The molecule has 0 fully saturated rings. The van der Waals surface area contributed by atoms with Crippen LogP contribution in [-0.2, 0) is 0 Å². The summed E-state index contributed by atoms with van der Waals surface area (Å²) < 4.78 is 0. The predicted molar refractivity (Wildman–Crippen MR) is 56.0 cm³/mol. The maximum atomic E-state index is 9.16. The molecule has 1 rings (SSSR count). The molecule has 0 unspecified atom stereocenters. The molecule has 14 heavy (non-hydrogen) atoms. The van der Waals surface area contributed by atoms with E-state index in [0.717, 1.165) is 0 Å². The minimum absolute atomic E-state index is 0.0389. The van der Waals surface area contributed by atoms with Crippen molar-refractivity contribution in [2.75, 3.05) is 24.3 Å². The lowest BCUT2D eigenvalue weighted by Gasteiger charge is -2.33. The fourth-order valence-corrected chi connectivity index (χ4v) is 0.881. The average Bonchev–Trinajstić information content (AvgIpc) is 2.18. The van der Waals surface area contributed by atoms with Gasteiger partial charge in [-0.2, -0.15) is 0 Å². The van der Waals surface area contributed by atoms with E-state index in [1.54, 1.807) is 12.4 Å². The first-order valence-electron chi connectivity index (χ1n) is 4.39. The van der Waals surface area contributed by atoms with Gasteiger partial charge in [-0.3, -0.25) is 0 Å². The van der Waals surface area contributed by atoms with Crippen LogP contribution in [0.1, 0.15) is 13.8 Å².